The first-order chi connectivity index (χ1) is 9.36. The molecule has 2 saturated heterocycles. The molecule has 2 aliphatic heterocycles. The number of hydrogen-bond donors (Lipinski definition) is 1. The average Bonchev–Trinajstić information content (AvgIpc) is 2.71. The molecule has 0 aromatic heterocycles. The third kappa shape index (κ3) is 2.99. The lowest BCUT2D eigenvalue weighted by Gasteiger charge is -2.29. The number of fused-ring (bicyclic) bond motifs is 1. The van der Waals surface area contributed by atoms with Crippen LogP contribution in [0.5, 0.6) is 0 Å². The summed E-state index contributed by atoms with van der Waals surface area (Å²) in [5.41, 5.74) is 7.37. The summed E-state index contributed by atoms with van der Waals surface area (Å²) in [6, 6.07) is 11.5. The molecule has 2 atom stereocenters. The molecular formula is C16H25N3. The van der Waals surface area contributed by atoms with Crippen molar-refractivity contribution < 1.29 is 0 Å². The van der Waals surface area contributed by atoms with Crippen LogP contribution in [0.1, 0.15) is 18.4 Å². The van der Waals surface area contributed by atoms with E-state index in [2.05, 4.69) is 40.1 Å². The highest BCUT2D eigenvalue weighted by Crippen LogP contribution is 2.27. The second-order valence-corrected chi connectivity index (χ2v) is 5.96. The van der Waals surface area contributed by atoms with Gasteiger partial charge in [0, 0.05) is 19.1 Å². The van der Waals surface area contributed by atoms with E-state index in [0.717, 1.165) is 13.1 Å². The van der Waals surface area contributed by atoms with Gasteiger partial charge in [-0.3, -0.25) is 9.80 Å². The Labute approximate surface area is 116 Å². The zero-order valence-electron chi connectivity index (χ0n) is 11.7. The summed E-state index contributed by atoms with van der Waals surface area (Å²) >= 11 is 0. The molecule has 0 saturated carbocycles. The van der Waals surface area contributed by atoms with Crippen molar-refractivity contribution in [1.82, 2.24) is 9.80 Å². The highest BCUT2D eigenvalue weighted by Gasteiger charge is 2.35. The minimum atomic E-state index is 0.691. The van der Waals surface area contributed by atoms with Gasteiger partial charge in [0.15, 0.2) is 0 Å². The first-order valence-corrected chi connectivity index (χ1v) is 7.57. The van der Waals surface area contributed by atoms with Gasteiger partial charge in [-0.2, -0.15) is 0 Å². The van der Waals surface area contributed by atoms with Crippen LogP contribution in [-0.2, 0) is 6.54 Å². The van der Waals surface area contributed by atoms with Crippen molar-refractivity contribution in [2.24, 2.45) is 11.7 Å². The molecule has 2 unspecified atom stereocenters. The van der Waals surface area contributed by atoms with Gasteiger partial charge in [-0.1, -0.05) is 30.3 Å². The van der Waals surface area contributed by atoms with E-state index in [1.165, 1.54) is 44.6 Å². The predicted molar refractivity (Wildman–Crippen MR) is 78.9 cm³/mol. The number of nitrogens with two attached hydrogens (primary N) is 1. The van der Waals surface area contributed by atoms with Gasteiger partial charge >= 0.3 is 0 Å². The van der Waals surface area contributed by atoms with Crippen molar-refractivity contribution >= 4 is 0 Å². The first kappa shape index (κ1) is 13.1. The lowest BCUT2D eigenvalue weighted by molar-refractivity contribution is 0.190. The minimum Gasteiger partial charge on any atom is -0.330 e. The summed E-state index contributed by atoms with van der Waals surface area (Å²) in [6.45, 7) is 6.86. The summed E-state index contributed by atoms with van der Waals surface area (Å²) < 4.78 is 0. The molecule has 0 spiro atoms. The van der Waals surface area contributed by atoms with E-state index in [-0.39, 0.29) is 0 Å². The molecule has 0 aliphatic carbocycles. The lowest BCUT2D eigenvalue weighted by atomic mass is 10.00. The van der Waals surface area contributed by atoms with Gasteiger partial charge in [0.25, 0.3) is 0 Å². The van der Waals surface area contributed by atoms with Gasteiger partial charge in [0.2, 0.25) is 0 Å². The second kappa shape index (κ2) is 6.04. The summed E-state index contributed by atoms with van der Waals surface area (Å²) in [4.78, 5) is 5.29. The molecule has 3 rings (SSSR count). The molecule has 19 heavy (non-hydrogen) atoms. The van der Waals surface area contributed by atoms with Crippen molar-refractivity contribution in [3.8, 4) is 0 Å². The quantitative estimate of drug-likeness (QED) is 0.894. The normalized spacial score (nSPS) is 29.1. The molecule has 104 valence electrons. The van der Waals surface area contributed by atoms with Crippen LogP contribution in [0.4, 0.5) is 0 Å². The van der Waals surface area contributed by atoms with Crippen molar-refractivity contribution in [2.45, 2.75) is 25.4 Å². The second-order valence-electron chi connectivity index (χ2n) is 5.96. The molecule has 2 fully saturated rings. The minimum absolute atomic E-state index is 0.691. The van der Waals surface area contributed by atoms with Crippen molar-refractivity contribution in [1.29, 1.82) is 0 Å². The summed E-state index contributed by atoms with van der Waals surface area (Å²) in [6.07, 6.45) is 2.58. The van der Waals surface area contributed by atoms with Crippen molar-refractivity contribution in [2.75, 3.05) is 32.7 Å². The largest absolute Gasteiger partial charge is 0.330 e. The van der Waals surface area contributed by atoms with Gasteiger partial charge in [0.05, 0.1) is 0 Å². The number of rotatable bonds is 3. The third-order valence-electron chi connectivity index (χ3n) is 4.72. The molecule has 1 aromatic rings. The third-order valence-corrected chi connectivity index (χ3v) is 4.72. The van der Waals surface area contributed by atoms with Gasteiger partial charge < -0.3 is 5.73 Å². The van der Waals surface area contributed by atoms with E-state index < -0.39 is 0 Å². The zero-order chi connectivity index (χ0) is 13.1. The van der Waals surface area contributed by atoms with E-state index in [1.54, 1.807) is 0 Å². The maximum absolute atomic E-state index is 5.94. The van der Waals surface area contributed by atoms with Crippen LogP contribution in [0, 0.1) is 5.92 Å². The average molecular weight is 259 g/mol. The summed E-state index contributed by atoms with van der Waals surface area (Å²) in [5.74, 6) is 0.705. The van der Waals surface area contributed by atoms with Crippen LogP contribution in [0.2, 0.25) is 0 Å². The van der Waals surface area contributed by atoms with E-state index >= 15 is 0 Å². The molecule has 2 aliphatic rings. The van der Waals surface area contributed by atoms with Crippen LogP contribution < -0.4 is 5.73 Å². The molecule has 1 aromatic carbocycles. The van der Waals surface area contributed by atoms with Gasteiger partial charge in [-0.05, 0) is 50.5 Å². The highest BCUT2D eigenvalue weighted by molar-refractivity contribution is 5.14. The molecule has 0 bridgehead atoms. The Morgan fingerprint density at radius 2 is 1.95 bits per heavy atom. The fourth-order valence-corrected chi connectivity index (χ4v) is 3.64. The number of hydrogen-bond acceptors (Lipinski definition) is 3. The highest BCUT2D eigenvalue weighted by atomic mass is 15.3. The lowest BCUT2D eigenvalue weighted by Crippen LogP contribution is -2.41. The Hall–Kier alpha value is -0.900. The van der Waals surface area contributed by atoms with E-state index in [9.17, 15) is 0 Å². The standard InChI is InChI=1S/C16H25N3/c17-11-15-7-10-19-9-4-8-18(13-16(15)19)12-14-5-2-1-3-6-14/h1-3,5-6,15-16H,4,7-13,17H2. The topological polar surface area (TPSA) is 32.5 Å². The van der Waals surface area contributed by atoms with E-state index in [1.807, 2.05) is 0 Å². The van der Waals surface area contributed by atoms with Crippen LogP contribution in [-0.4, -0.2) is 48.6 Å². The fourth-order valence-electron chi connectivity index (χ4n) is 3.64. The Balaban J connectivity index is 1.66. The van der Waals surface area contributed by atoms with Crippen LogP contribution in [0.15, 0.2) is 30.3 Å². The molecule has 2 N–H and O–H groups in total. The Morgan fingerprint density at radius 1 is 1.11 bits per heavy atom. The van der Waals surface area contributed by atoms with E-state index in [4.69, 9.17) is 5.73 Å². The number of nitrogens with zero attached hydrogens (tertiary/aromatic N) is 2. The smallest absolute Gasteiger partial charge is 0.0264 e. The fraction of sp³-hybridized carbons (Fsp3) is 0.625. The zero-order valence-corrected chi connectivity index (χ0v) is 11.7. The van der Waals surface area contributed by atoms with E-state index in [0.29, 0.717) is 12.0 Å². The maximum Gasteiger partial charge on any atom is 0.0264 e. The van der Waals surface area contributed by atoms with Gasteiger partial charge in [0.1, 0.15) is 0 Å². The summed E-state index contributed by atoms with van der Waals surface area (Å²) in [7, 11) is 0. The first-order valence-electron chi connectivity index (χ1n) is 7.57. The predicted octanol–water partition coefficient (Wildman–Crippen LogP) is 1.54. The van der Waals surface area contributed by atoms with Crippen LogP contribution in [0.3, 0.4) is 0 Å². The molecule has 0 radical (unpaired) electrons. The molecule has 3 nitrogen and oxygen atoms in total. The Morgan fingerprint density at radius 3 is 2.74 bits per heavy atom. The van der Waals surface area contributed by atoms with Crippen LogP contribution in [0.25, 0.3) is 0 Å². The Kier molecular flexibility index (Phi) is 4.16. The van der Waals surface area contributed by atoms with Crippen molar-refractivity contribution in [3.63, 3.8) is 0 Å². The molecule has 3 heteroatoms. The monoisotopic (exact) mass is 259 g/mol. The van der Waals surface area contributed by atoms with Crippen LogP contribution >= 0.6 is 0 Å². The van der Waals surface area contributed by atoms with Crippen molar-refractivity contribution in [3.05, 3.63) is 35.9 Å². The maximum atomic E-state index is 5.94. The molecule has 0 amide bonds. The summed E-state index contributed by atoms with van der Waals surface area (Å²) in [5, 5.41) is 0. The van der Waals surface area contributed by atoms with Gasteiger partial charge in [-0.25, -0.2) is 0 Å². The number of benzene rings is 1. The SMILES string of the molecule is NCC1CCN2CCCN(Cc3ccccc3)CC12. The van der Waals surface area contributed by atoms with Gasteiger partial charge in [-0.15, -0.1) is 0 Å². The Bertz CT molecular complexity index is 392. The molecule has 2 heterocycles. The molecular weight excluding hydrogens is 234 g/mol.